The van der Waals surface area contributed by atoms with Gasteiger partial charge in [-0.15, -0.1) is 0 Å². The highest BCUT2D eigenvalue weighted by Crippen LogP contribution is 2.12. The maximum absolute atomic E-state index is 11.9. The van der Waals surface area contributed by atoms with Crippen molar-refractivity contribution < 1.29 is 14.3 Å². The minimum absolute atomic E-state index is 0.0197. The molecule has 1 aromatic rings. The molecule has 2 rings (SSSR count). The van der Waals surface area contributed by atoms with Crippen LogP contribution in [-0.4, -0.2) is 43.5 Å². The third kappa shape index (κ3) is 3.47. The van der Waals surface area contributed by atoms with E-state index >= 15 is 0 Å². The second-order valence-corrected chi connectivity index (χ2v) is 4.50. The van der Waals surface area contributed by atoms with Crippen LogP contribution in [0.15, 0.2) is 24.3 Å². The van der Waals surface area contributed by atoms with Crippen molar-refractivity contribution in [2.75, 3.05) is 26.7 Å². The predicted molar refractivity (Wildman–Crippen MR) is 71.1 cm³/mol. The van der Waals surface area contributed by atoms with Crippen molar-refractivity contribution in [3.8, 4) is 5.75 Å². The maximum atomic E-state index is 11.9. The first-order chi connectivity index (χ1) is 9.20. The van der Waals surface area contributed by atoms with Crippen molar-refractivity contribution in [1.82, 2.24) is 10.2 Å². The van der Waals surface area contributed by atoms with E-state index in [0.29, 0.717) is 11.3 Å². The van der Waals surface area contributed by atoms with E-state index < -0.39 is 0 Å². The van der Waals surface area contributed by atoms with Crippen LogP contribution in [0.25, 0.3) is 0 Å². The third-order valence-corrected chi connectivity index (χ3v) is 3.19. The molecule has 2 amide bonds. The fourth-order valence-corrected chi connectivity index (χ4v) is 2.10. The summed E-state index contributed by atoms with van der Waals surface area (Å²) in [5.41, 5.74) is 0.494. The van der Waals surface area contributed by atoms with Crippen LogP contribution in [0.2, 0.25) is 0 Å². The summed E-state index contributed by atoms with van der Waals surface area (Å²) < 4.78 is 5.06. The molecule has 1 saturated heterocycles. The van der Waals surface area contributed by atoms with Gasteiger partial charge in [0.1, 0.15) is 5.75 Å². The fraction of sp³-hybridized carbons (Fsp3) is 0.429. The van der Waals surface area contributed by atoms with E-state index in [1.54, 1.807) is 36.3 Å². The number of benzene rings is 1. The highest BCUT2D eigenvalue weighted by atomic mass is 16.5. The molecule has 1 aromatic carbocycles. The summed E-state index contributed by atoms with van der Waals surface area (Å²) in [5.74, 6) is 0.346. The first-order valence-electron chi connectivity index (χ1n) is 6.41. The molecule has 0 spiro atoms. The molecular weight excluding hydrogens is 244 g/mol. The summed E-state index contributed by atoms with van der Waals surface area (Å²) in [4.78, 5) is 25.5. The molecule has 0 saturated carbocycles. The van der Waals surface area contributed by atoms with Crippen molar-refractivity contribution in [1.29, 1.82) is 0 Å². The lowest BCUT2D eigenvalue weighted by molar-refractivity contribution is -0.129. The van der Waals surface area contributed by atoms with Crippen LogP contribution in [0.4, 0.5) is 0 Å². The zero-order valence-electron chi connectivity index (χ0n) is 11.0. The largest absolute Gasteiger partial charge is 0.497 e. The molecular formula is C14H18N2O3. The van der Waals surface area contributed by atoms with Crippen molar-refractivity contribution in [3.63, 3.8) is 0 Å². The van der Waals surface area contributed by atoms with E-state index in [-0.39, 0.29) is 18.4 Å². The van der Waals surface area contributed by atoms with Gasteiger partial charge in [-0.05, 0) is 31.0 Å². The smallest absolute Gasteiger partial charge is 0.251 e. The molecule has 0 bridgehead atoms. The highest BCUT2D eigenvalue weighted by molar-refractivity contribution is 5.96. The van der Waals surface area contributed by atoms with Crippen molar-refractivity contribution in [3.05, 3.63) is 29.8 Å². The number of carbonyl (C=O) groups excluding carboxylic acids is 2. The molecule has 1 heterocycles. The molecule has 1 aliphatic rings. The summed E-state index contributed by atoms with van der Waals surface area (Å²) in [6.45, 7) is 1.65. The molecule has 1 aliphatic heterocycles. The Kier molecular flexibility index (Phi) is 4.39. The lowest BCUT2D eigenvalue weighted by Crippen LogP contribution is -2.38. The Hall–Kier alpha value is -2.04. The number of methoxy groups -OCH3 is 1. The molecule has 1 N–H and O–H groups in total. The monoisotopic (exact) mass is 262 g/mol. The number of rotatable bonds is 4. The van der Waals surface area contributed by atoms with Gasteiger partial charge < -0.3 is 15.0 Å². The summed E-state index contributed by atoms with van der Waals surface area (Å²) >= 11 is 0. The zero-order valence-corrected chi connectivity index (χ0v) is 11.0. The Morgan fingerprint density at radius 3 is 2.74 bits per heavy atom. The second-order valence-electron chi connectivity index (χ2n) is 4.50. The Balaban J connectivity index is 1.88. The van der Waals surface area contributed by atoms with E-state index in [1.807, 2.05) is 0 Å². The van der Waals surface area contributed by atoms with Crippen LogP contribution in [-0.2, 0) is 4.79 Å². The van der Waals surface area contributed by atoms with Crippen LogP contribution >= 0.6 is 0 Å². The molecule has 5 nitrogen and oxygen atoms in total. The first-order valence-corrected chi connectivity index (χ1v) is 6.41. The van der Waals surface area contributed by atoms with Gasteiger partial charge in [0.2, 0.25) is 5.91 Å². The Morgan fingerprint density at radius 1 is 1.32 bits per heavy atom. The number of hydrogen-bond donors (Lipinski definition) is 1. The SMILES string of the molecule is COc1cccc(C(=O)NCC(=O)N2CCCC2)c1. The number of nitrogens with one attached hydrogen (secondary N) is 1. The fourth-order valence-electron chi connectivity index (χ4n) is 2.10. The van der Waals surface area contributed by atoms with E-state index in [0.717, 1.165) is 25.9 Å². The molecule has 1 fully saturated rings. The van der Waals surface area contributed by atoms with Gasteiger partial charge in [-0.1, -0.05) is 6.07 Å². The molecule has 0 atom stereocenters. The van der Waals surface area contributed by atoms with Crippen LogP contribution in [0, 0.1) is 0 Å². The van der Waals surface area contributed by atoms with Crippen LogP contribution < -0.4 is 10.1 Å². The normalized spacial score (nSPS) is 14.3. The van der Waals surface area contributed by atoms with Gasteiger partial charge in [0.05, 0.1) is 13.7 Å². The van der Waals surface area contributed by atoms with E-state index in [1.165, 1.54) is 0 Å². The molecule has 0 aliphatic carbocycles. The van der Waals surface area contributed by atoms with Crippen LogP contribution in [0.3, 0.4) is 0 Å². The highest BCUT2D eigenvalue weighted by Gasteiger charge is 2.18. The standard InChI is InChI=1S/C14H18N2O3/c1-19-12-6-4-5-11(9-12)14(18)15-10-13(17)16-7-2-3-8-16/h4-6,9H,2-3,7-8,10H2,1H3,(H,15,18). The summed E-state index contributed by atoms with van der Waals surface area (Å²) in [5, 5.41) is 2.64. The summed E-state index contributed by atoms with van der Waals surface area (Å²) in [7, 11) is 1.55. The molecule has 0 aromatic heterocycles. The lowest BCUT2D eigenvalue weighted by atomic mass is 10.2. The molecule has 0 unspecified atom stereocenters. The predicted octanol–water partition coefficient (Wildman–Crippen LogP) is 1.05. The minimum atomic E-state index is -0.258. The van der Waals surface area contributed by atoms with Gasteiger partial charge in [0.15, 0.2) is 0 Å². The van der Waals surface area contributed by atoms with Crippen LogP contribution in [0.5, 0.6) is 5.75 Å². The number of hydrogen-bond acceptors (Lipinski definition) is 3. The number of carbonyl (C=O) groups is 2. The molecule has 0 radical (unpaired) electrons. The van der Waals surface area contributed by atoms with Gasteiger partial charge in [0, 0.05) is 18.7 Å². The van der Waals surface area contributed by atoms with E-state index in [9.17, 15) is 9.59 Å². The van der Waals surface area contributed by atoms with Gasteiger partial charge in [0.25, 0.3) is 5.91 Å². The van der Waals surface area contributed by atoms with Gasteiger partial charge in [-0.2, -0.15) is 0 Å². The topological polar surface area (TPSA) is 58.6 Å². The summed E-state index contributed by atoms with van der Waals surface area (Å²) in [6.07, 6.45) is 2.10. The Bertz CT molecular complexity index is 468. The molecule has 5 heteroatoms. The average molecular weight is 262 g/mol. The Labute approximate surface area is 112 Å². The average Bonchev–Trinajstić information content (AvgIpc) is 2.98. The second kappa shape index (κ2) is 6.22. The van der Waals surface area contributed by atoms with Crippen molar-refractivity contribution in [2.45, 2.75) is 12.8 Å². The minimum Gasteiger partial charge on any atom is -0.497 e. The zero-order chi connectivity index (χ0) is 13.7. The van der Waals surface area contributed by atoms with E-state index in [2.05, 4.69) is 5.32 Å². The van der Waals surface area contributed by atoms with Crippen LogP contribution in [0.1, 0.15) is 23.2 Å². The molecule has 102 valence electrons. The summed E-state index contributed by atoms with van der Waals surface area (Å²) in [6, 6.07) is 6.86. The maximum Gasteiger partial charge on any atom is 0.251 e. The first kappa shape index (κ1) is 13.4. The number of amides is 2. The van der Waals surface area contributed by atoms with E-state index in [4.69, 9.17) is 4.74 Å². The third-order valence-electron chi connectivity index (χ3n) is 3.19. The van der Waals surface area contributed by atoms with Gasteiger partial charge in [-0.25, -0.2) is 0 Å². The Morgan fingerprint density at radius 2 is 2.05 bits per heavy atom. The molecule has 19 heavy (non-hydrogen) atoms. The van der Waals surface area contributed by atoms with Gasteiger partial charge in [-0.3, -0.25) is 9.59 Å². The van der Waals surface area contributed by atoms with Gasteiger partial charge >= 0.3 is 0 Å². The lowest BCUT2D eigenvalue weighted by Gasteiger charge is -2.15. The number of likely N-dealkylation sites (tertiary alicyclic amines) is 1. The quantitative estimate of drug-likeness (QED) is 0.882. The number of ether oxygens (including phenoxy) is 1. The van der Waals surface area contributed by atoms with Crippen molar-refractivity contribution >= 4 is 11.8 Å². The number of nitrogens with zero attached hydrogens (tertiary/aromatic N) is 1. The van der Waals surface area contributed by atoms with Crippen molar-refractivity contribution in [2.24, 2.45) is 0 Å².